The highest BCUT2D eigenvalue weighted by Crippen LogP contribution is 2.24. The zero-order valence-electron chi connectivity index (χ0n) is 15.0. The van der Waals surface area contributed by atoms with Crippen LogP contribution >= 0.6 is 0 Å². The Labute approximate surface area is 144 Å². The Bertz CT molecular complexity index is 518. The molecule has 24 heavy (non-hydrogen) atoms. The molecule has 0 bridgehead atoms. The van der Waals surface area contributed by atoms with Gasteiger partial charge < -0.3 is 19.1 Å². The molecule has 1 aliphatic rings. The number of carbonyl (C=O) groups is 1. The van der Waals surface area contributed by atoms with Crippen molar-refractivity contribution in [2.24, 2.45) is 5.92 Å². The third-order valence-corrected chi connectivity index (χ3v) is 4.04. The smallest absolute Gasteiger partial charge is 0.258 e. The van der Waals surface area contributed by atoms with Crippen molar-refractivity contribution >= 4 is 5.91 Å². The molecule has 134 valence electrons. The predicted octanol–water partition coefficient (Wildman–Crippen LogP) is 2.99. The van der Waals surface area contributed by atoms with E-state index in [0.29, 0.717) is 56.8 Å². The van der Waals surface area contributed by atoms with Crippen molar-refractivity contribution in [3.05, 3.63) is 29.8 Å². The molecule has 5 heteroatoms. The third kappa shape index (κ3) is 5.21. The molecule has 1 heterocycles. The van der Waals surface area contributed by atoms with E-state index >= 15 is 0 Å². The van der Waals surface area contributed by atoms with Crippen molar-refractivity contribution < 1.29 is 19.0 Å². The number of hydrogen-bond donors (Lipinski definition) is 0. The summed E-state index contributed by atoms with van der Waals surface area (Å²) in [5.74, 6) is 1.16. The zero-order valence-corrected chi connectivity index (χ0v) is 15.0. The average Bonchev–Trinajstić information content (AvgIpc) is 2.58. The monoisotopic (exact) mass is 335 g/mol. The van der Waals surface area contributed by atoms with E-state index in [4.69, 9.17) is 14.2 Å². The molecule has 1 saturated heterocycles. The van der Waals surface area contributed by atoms with E-state index in [0.717, 1.165) is 6.42 Å². The molecule has 0 N–H and O–H groups in total. The van der Waals surface area contributed by atoms with Crippen molar-refractivity contribution in [1.29, 1.82) is 0 Å². The van der Waals surface area contributed by atoms with Crippen LogP contribution in [0.1, 0.15) is 37.6 Å². The Morgan fingerprint density at radius 3 is 2.88 bits per heavy atom. The van der Waals surface area contributed by atoms with Crippen LogP contribution in [-0.4, -0.2) is 56.4 Å². The molecule has 1 aromatic rings. The molecular formula is C19H29NO4. The summed E-state index contributed by atoms with van der Waals surface area (Å²) in [4.78, 5) is 15.0. The standard InChI is InChI=1S/C19H29NO4/c1-4-22-11-12-24-18-8-6-5-7-17(18)19(21)20-9-10-23-14-16(20)13-15(2)3/h5-8,15-16H,4,9-14H2,1-3H3. The van der Waals surface area contributed by atoms with Gasteiger partial charge in [-0.2, -0.15) is 0 Å². The molecule has 1 aromatic carbocycles. The van der Waals surface area contributed by atoms with Crippen LogP contribution in [0.3, 0.4) is 0 Å². The first-order valence-corrected chi connectivity index (χ1v) is 8.81. The van der Waals surface area contributed by atoms with Crippen molar-refractivity contribution in [1.82, 2.24) is 4.90 Å². The summed E-state index contributed by atoms with van der Waals surface area (Å²) in [5, 5.41) is 0. The summed E-state index contributed by atoms with van der Waals surface area (Å²) in [6, 6.07) is 7.57. The lowest BCUT2D eigenvalue weighted by Crippen LogP contribution is -2.49. The summed E-state index contributed by atoms with van der Waals surface area (Å²) in [7, 11) is 0. The van der Waals surface area contributed by atoms with Gasteiger partial charge in [-0.05, 0) is 31.4 Å². The first kappa shape index (κ1) is 18.7. The van der Waals surface area contributed by atoms with Gasteiger partial charge in [0.15, 0.2) is 0 Å². The fraction of sp³-hybridized carbons (Fsp3) is 0.632. The van der Waals surface area contributed by atoms with Gasteiger partial charge in [-0.3, -0.25) is 4.79 Å². The van der Waals surface area contributed by atoms with Gasteiger partial charge in [0, 0.05) is 13.2 Å². The molecule has 1 amide bonds. The van der Waals surface area contributed by atoms with Gasteiger partial charge in [-0.1, -0.05) is 26.0 Å². The lowest BCUT2D eigenvalue weighted by atomic mass is 10.0. The number of para-hydroxylation sites is 1. The highest BCUT2D eigenvalue weighted by atomic mass is 16.5. The summed E-state index contributed by atoms with van der Waals surface area (Å²) >= 11 is 0. The number of nitrogens with zero attached hydrogens (tertiary/aromatic N) is 1. The highest BCUT2D eigenvalue weighted by molar-refractivity contribution is 5.97. The molecule has 1 fully saturated rings. The molecule has 0 aromatic heterocycles. The minimum absolute atomic E-state index is 0.0240. The molecule has 0 aliphatic carbocycles. The van der Waals surface area contributed by atoms with Crippen LogP contribution in [-0.2, 0) is 9.47 Å². The van der Waals surface area contributed by atoms with E-state index in [1.54, 1.807) is 0 Å². The van der Waals surface area contributed by atoms with Gasteiger partial charge in [0.1, 0.15) is 12.4 Å². The van der Waals surface area contributed by atoms with Crippen LogP contribution in [0.5, 0.6) is 5.75 Å². The number of benzene rings is 1. The van der Waals surface area contributed by atoms with E-state index in [1.807, 2.05) is 36.1 Å². The Kier molecular flexibility index (Phi) is 7.53. The molecule has 0 spiro atoms. The highest BCUT2D eigenvalue weighted by Gasteiger charge is 2.29. The van der Waals surface area contributed by atoms with Gasteiger partial charge in [-0.25, -0.2) is 0 Å². The van der Waals surface area contributed by atoms with E-state index < -0.39 is 0 Å². The van der Waals surface area contributed by atoms with Crippen LogP contribution in [0, 0.1) is 5.92 Å². The maximum atomic E-state index is 13.1. The fourth-order valence-electron chi connectivity index (χ4n) is 2.94. The lowest BCUT2D eigenvalue weighted by Gasteiger charge is -2.36. The van der Waals surface area contributed by atoms with Crippen LogP contribution in [0.25, 0.3) is 0 Å². The first-order chi connectivity index (χ1) is 11.6. The second-order valence-electron chi connectivity index (χ2n) is 6.40. The minimum Gasteiger partial charge on any atom is -0.490 e. The van der Waals surface area contributed by atoms with Crippen LogP contribution in [0.2, 0.25) is 0 Å². The van der Waals surface area contributed by atoms with Crippen molar-refractivity contribution in [3.8, 4) is 5.75 Å². The van der Waals surface area contributed by atoms with Gasteiger partial charge in [0.05, 0.1) is 31.4 Å². The van der Waals surface area contributed by atoms with Gasteiger partial charge in [0.2, 0.25) is 0 Å². The fourth-order valence-corrected chi connectivity index (χ4v) is 2.94. The lowest BCUT2D eigenvalue weighted by molar-refractivity contribution is -0.00767. The largest absolute Gasteiger partial charge is 0.490 e. The second kappa shape index (κ2) is 9.64. The molecular weight excluding hydrogens is 306 g/mol. The SMILES string of the molecule is CCOCCOc1ccccc1C(=O)N1CCOCC1CC(C)C. The van der Waals surface area contributed by atoms with E-state index in [9.17, 15) is 4.79 Å². The van der Waals surface area contributed by atoms with Gasteiger partial charge in [-0.15, -0.1) is 0 Å². The number of carbonyl (C=O) groups excluding carboxylic acids is 1. The van der Waals surface area contributed by atoms with Crippen LogP contribution in [0.4, 0.5) is 0 Å². The molecule has 1 unspecified atom stereocenters. The van der Waals surface area contributed by atoms with E-state index in [1.165, 1.54) is 0 Å². The summed E-state index contributed by atoms with van der Waals surface area (Å²) < 4.78 is 16.6. The van der Waals surface area contributed by atoms with Crippen LogP contribution < -0.4 is 4.74 Å². The average molecular weight is 335 g/mol. The predicted molar refractivity (Wildman–Crippen MR) is 93.5 cm³/mol. The van der Waals surface area contributed by atoms with Crippen molar-refractivity contribution in [2.45, 2.75) is 33.2 Å². The molecule has 0 saturated carbocycles. The molecule has 1 atom stereocenters. The Hall–Kier alpha value is -1.59. The molecule has 5 nitrogen and oxygen atoms in total. The Morgan fingerprint density at radius 1 is 1.33 bits per heavy atom. The number of rotatable bonds is 8. The van der Waals surface area contributed by atoms with E-state index in [2.05, 4.69) is 13.8 Å². The Morgan fingerprint density at radius 2 is 2.12 bits per heavy atom. The topological polar surface area (TPSA) is 48.0 Å². The summed E-state index contributed by atoms with van der Waals surface area (Å²) in [6.07, 6.45) is 0.944. The quantitative estimate of drug-likeness (QED) is 0.685. The summed E-state index contributed by atoms with van der Waals surface area (Å²) in [6.45, 7) is 9.74. The Balaban J connectivity index is 2.09. The number of ether oxygens (including phenoxy) is 3. The van der Waals surface area contributed by atoms with E-state index in [-0.39, 0.29) is 11.9 Å². The molecule has 1 aliphatic heterocycles. The normalized spacial score (nSPS) is 18.0. The van der Waals surface area contributed by atoms with Crippen molar-refractivity contribution in [2.75, 3.05) is 39.6 Å². The van der Waals surface area contributed by atoms with Crippen molar-refractivity contribution in [3.63, 3.8) is 0 Å². The maximum Gasteiger partial charge on any atom is 0.258 e. The third-order valence-electron chi connectivity index (χ3n) is 4.04. The molecule has 2 rings (SSSR count). The second-order valence-corrected chi connectivity index (χ2v) is 6.40. The minimum atomic E-state index is 0.0240. The maximum absolute atomic E-state index is 13.1. The zero-order chi connectivity index (χ0) is 17.4. The van der Waals surface area contributed by atoms with Gasteiger partial charge in [0.25, 0.3) is 5.91 Å². The molecule has 0 radical (unpaired) electrons. The summed E-state index contributed by atoms with van der Waals surface area (Å²) in [5.41, 5.74) is 0.615. The van der Waals surface area contributed by atoms with Crippen LogP contribution in [0.15, 0.2) is 24.3 Å². The number of morpholine rings is 1. The first-order valence-electron chi connectivity index (χ1n) is 8.81. The number of hydrogen-bond acceptors (Lipinski definition) is 4. The van der Waals surface area contributed by atoms with Gasteiger partial charge >= 0.3 is 0 Å². The number of amides is 1.